The van der Waals surface area contributed by atoms with Gasteiger partial charge in [0.25, 0.3) is 0 Å². The maximum Gasteiger partial charge on any atom is 0.230 e. The Balaban J connectivity index is 1.40. The average molecular weight is 448 g/mol. The van der Waals surface area contributed by atoms with Gasteiger partial charge in [-0.3, -0.25) is 4.79 Å². The minimum atomic E-state index is -0.0565. The lowest BCUT2D eigenvalue weighted by Crippen LogP contribution is -2.24. The van der Waals surface area contributed by atoms with Gasteiger partial charge < -0.3 is 10.2 Å². The molecule has 1 aromatic carbocycles. The van der Waals surface area contributed by atoms with Gasteiger partial charge in [-0.2, -0.15) is 4.98 Å². The molecule has 3 aromatic rings. The van der Waals surface area contributed by atoms with Gasteiger partial charge in [-0.05, 0) is 24.5 Å². The maximum absolute atomic E-state index is 12.3. The Morgan fingerprint density at radius 1 is 1.17 bits per heavy atom. The fourth-order valence-electron chi connectivity index (χ4n) is 3.24. The van der Waals surface area contributed by atoms with E-state index in [1.807, 2.05) is 24.3 Å². The van der Waals surface area contributed by atoms with Gasteiger partial charge in [-0.25, -0.2) is 9.97 Å². The predicted octanol–water partition coefficient (Wildman–Crippen LogP) is 4.53. The summed E-state index contributed by atoms with van der Waals surface area (Å²) in [6, 6.07) is 7.51. The first-order valence-corrected chi connectivity index (χ1v) is 11.9. The number of anilines is 1. The van der Waals surface area contributed by atoms with E-state index in [0.29, 0.717) is 17.2 Å². The topological polar surface area (TPSA) is 71.0 Å². The van der Waals surface area contributed by atoms with Crippen molar-refractivity contribution in [1.29, 1.82) is 0 Å². The molecule has 1 aliphatic rings. The summed E-state index contributed by atoms with van der Waals surface area (Å²) in [5, 5.41) is 5.38. The molecule has 0 atom stereocenters. The summed E-state index contributed by atoms with van der Waals surface area (Å²) in [4.78, 5) is 28.1. The molecule has 2 aromatic heterocycles. The Morgan fingerprint density at radius 2 is 1.97 bits per heavy atom. The second-order valence-corrected chi connectivity index (χ2v) is 9.23. The van der Waals surface area contributed by atoms with Crippen LogP contribution in [0.25, 0.3) is 10.3 Å². The van der Waals surface area contributed by atoms with Crippen molar-refractivity contribution in [2.24, 2.45) is 0 Å². The van der Waals surface area contributed by atoms with Crippen molar-refractivity contribution in [3.05, 3.63) is 41.2 Å². The first-order valence-electron chi connectivity index (χ1n) is 9.70. The number of aromatic nitrogens is 3. The quantitative estimate of drug-likeness (QED) is 0.442. The van der Waals surface area contributed by atoms with Gasteiger partial charge >= 0.3 is 0 Å². The summed E-state index contributed by atoms with van der Waals surface area (Å²) in [6.45, 7) is 2.50. The summed E-state index contributed by atoms with van der Waals surface area (Å²) < 4.78 is 0.954. The molecule has 0 aliphatic carbocycles. The zero-order valence-electron chi connectivity index (χ0n) is 15.9. The van der Waals surface area contributed by atoms with E-state index in [2.05, 4.69) is 20.2 Å². The Kier molecular flexibility index (Phi) is 6.84. The van der Waals surface area contributed by atoms with Crippen LogP contribution in [0.1, 0.15) is 31.2 Å². The third-order valence-corrected chi connectivity index (χ3v) is 7.40. The molecule has 9 heteroatoms. The van der Waals surface area contributed by atoms with Crippen LogP contribution in [-0.4, -0.2) is 39.7 Å². The van der Waals surface area contributed by atoms with E-state index in [9.17, 15) is 4.79 Å². The van der Waals surface area contributed by atoms with E-state index in [4.69, 9.17) is 16.6 Å². The van der Waals surface area contributed by atoms with E-state index in [1.165, 1.54) is 43.8 Å². The molecule has 1 fully saturated rings. The molecule has 0 saturated carbocycles. The van der Waals surface area contributed by atoms with E-state index in [-0.39, 0.29) is 11.7 Å². The molecule has 29 heavy (non-hydrogen) atoms. The third kappa shape index (κ3) is 5.18. The van der Waals surface area contributed by atoms with E-state index >= 15 is 0 Å². The van der Waals surface area contributed by atoms with Crippen molar-refractivity contribution in [2.75, 3.05) is 23.7 Å². The number of amides is 1. The van der Waals surface area contributed by atoms with Crippen molar-refractivity contribution in [3.8, 4) is 0 Å². The van der Waals surface area contributed by atoms with Gasteiger partial charge in [0.15, 0.2) is 10.8 Å². The first kappa shape index (κ1) is 20.4. The average Bonchev–Trinajstić information content (AvgIpc) is 2.99. The molecule has 3 heterocycles. The maximum atomic E-state index is 12.3. The van der Waals surface area contributed by atoms with Crippen LogP contribution in [0.2, 0.25) is 5.02 Å². The molecule has 1 aliphatic heterocycles. The minimum Gasteiger partial charge on any atom is -0.351 e. The third-order valence-electron chi connectivity index (χ3n) is 4.80. The van der Waals surface area contributed by atoms with Gasteiger partial charge in [-0.1, -0.05) is 65.7 Å². The summed E-state index contributed by atoms with van der Waals surface area (Å²) >= 11 is 9.18. The highest BCUT2D eigenvalue weighted by Gasteiger charge is 2.17. The molecule has 0 radical (unpaired) electrons. The zero-order valence-corrected chi connectivity index (χ0v) is 18.3. The van der Waals surface area contributed by atoms with E-state index in [1.54, 1.807) is 11.3 Å². The smallest absolute Gasteiger partial charge is 0.230 e. The van der Waals surface area contributed by atoms with Gasteiger partial charge in [0.2, 0.25) is 5.91 Å². The van der Waals surface area contributed by atoms with Crippen LogP contribution in [0, 0.1) is 0 Å². The van der Waals surface area contributed by atoms with Crippen molar-refractivity contribution < 1.29 is 4.79 Å². The zero-order chi connectivity index (χ0) is 20.1. The molecular weight excluding hydrogens is 426 g/mol. The van der Waals surface area contributed by atoms with Crippen LogP contribution in [0.5, 0.6) is 0 Å². The van der Waals surface area contributed by atoms with Gasteiger partial charge in [0.05, 0.1) is 5.75 Å². The standard InChI is InChI=1S/C20H22ClN5OS2/c21-15-8-4-3-7-14(15)11-22-16(27)12-28-19-17-18(23-13-24-19)25-20(29-17)26-9-5-1-2-6-10-26/h3-4,7-8,13H,1-2,5-6,9-12H2,(H,22,27). The Morgan fingerprint density at radius 3 is 2.76 bits per heavy atom. The van der Waals surface area contributed by atoms with E-state index in [0.717, 1.165) is 33.5 Å². The second kappa shape index (κ2) is 9.73. The van der Waals surface area contributed by atoms with Crippen LogP contribution in [0.4, 0.5) is 5.13 Å². The molecule has 1 N–H and O–H groups in total. The van der Waals surface area contributed by atoms with Crippen molar-refractivity contribution >= 4 is 56.1 Å². The number of thiazole rings is 1. The number of hydrogen-bond donors (Lipinski definition) is 1. The molecule has 152 valence electrons. The number of halogens is 1. The number of hydrogen-bond acceptors (Lipinski definition) is 7. The molecule has 0 unspecified atom stereocenters. The Bertz CT molecular complexity index is 988. The lowest BCUT2D eigenvalue weighted by atomic mass is 10.2. The van der Waals surface area contributed by atoms with E-state index < -0.39 is 0 Å². The monoisotopic (exact) mass is 447 g/mol. The second-order valence-electron chi connectivity index (χ2n) is 6.89. The van der Waals surface area contributed by atoms with Crippen molar-refractivity contribution in [1.82, 2.24) is 20.3 Å². The lowest BCUT2D eigenvalue weighted by Gasteiger charge is -2.18. The highest BCUT2D eigenvalue weighted by Crippen LogP contribution is 2.34. The van der Waals surface area contributed by atoms with Gasteiger partial charge in [0, 0.05) is 24.7 Å². The number of nitrogens with one attached hydrogen (secondary N) is 1. The van der Waals surface area contributed by atoms with Gasteiger partial charge in [-0.15, -0.1) is 0 Å². The highest BCUT2D eigenvalue weighted by atomic mass is 35.5. The van der Waals surface area contributed by atoms with Crippen LogP contribution in [-0.2, 0) is 11.3 Å². The number of carbonyl (C=O) groups is 1. The molecule has 1 saturated heterocycles. The first-order chi connectivity index (χ1) is 14.2. The largest absolute Gasteiger partial charge is 0.351 e. The minimum absolute atomic E-state index is 0.0565. The van der Waals surface area contributed by atoms with Crippen LogP contribution >= 0.6 is 34.7 Å². The normalized spacial score (nSPS) is 14.7. The molecular formula is C20H22ClN5OS2. The fourth-order valence-corrected chi connectivity index (χ4v) is 5.42. The number of carbonyl (C=O) groups excluding carboxylic acids is 1. The molecule has 4 rings (SSSR count). The van der Waals surface area contributed by atoms with Crippen LogP contribution < -0.4 is 10.2 Å². The number of nitrogens with zero attached hydrogens (tertiary/aromatic N) is 4. The molecule has 0 bridgehead atoms. The number of benzene rings is 1. The number of thioether (sulfide) groups is 1. The fraction of sp³-hybridized carbons (Fsp3) is 0.400. The van der Waals surface area contributed by atoms with Gasteiger partial charge in [0.1, 0.15) is 16.1 Å². The SMILES string of the molecule is O=C(CSc1ncnc2nc(N3CCCCCC3)sc12)NCc1ccccc1Cl. The summed E-state index contributed by atoms with van der Waals surface area (Å²) in [5.41, 5.74) is 1.62. The number of fused-ring (bicyclic) bond motifs is 1. The summed E-state index contributed by atoms with van der Waals surface area (Å²) in [5.74, 6) is 0.229. The summed E-state index contributed by atoms with van der Waals surface area (Å²) in [7, 11) is 0. The molecule has 0 spiro atoms. The van der Waals surface area contributed by atoms with Crippen LogP contribution in [0.3, 0.4) is 0 Å². The van der Waals surface area contributed by atoms with Crippen molar-refractivity contribution in [2.45, 2.75) is 37.3 Å². The van der Waals surface area contributed by atoms with Crippen molar-refractivity contribution in [3.63, 3.8) is 0 Å². The number of rotatable bonds is 6. The molecule has 1 amide bonds. The lowest BCUT2D eigenvalue weighted by molar-refractivity contribution is -0.118. The summed E-state index contributed by atoms with van der Waals surface area (Å²) in [6.07, 6.45) is 6.50. The predicted molar refractivity (Wildman–Crippen MR) is 120 cm³/mol. The Labute approximate surface area is 183 Å². The van der Waals surface area contributed by atoms with Crippen LogP contribution in [0.15, 0.2) is 35.6 Å². The molecule has 6 nitrogen and oxygen atoms in total. The highest BCUT2D eigenvalue weighted by molar-refractivity contribution is 8.00. The Hall–Kier alpha value is -1.90.